The number of nitrogens with zero attached hydrogens (tertiary/aromatic N) is 1. The van der Waals surface area contributed by atoms with Gasteiger partial charge in [-0.15, -0.1) is 0 Å². The molecule has 72 valence electrons. The fourth-order valence-corrected chi connectivity index (χ4v) is 1.13. The first-order valence-electron chi connectivity index (χ1n) is 3.70. The van der Waals surface area contributed by atoms with E-state index in [0.29, 0.717) is 5.69 Å². The number of carboxylic acids is 1. The third-order valence-corrected chi connectivity index (χ3v) is 1.79. The van der Waals surface area contributed by atoms with Crippen LogP contribution in [0.5, 0.6) is 0 Å². The quantitative estimate of drug-likeness (QED) is 0.561. The Balaban J connectivity index is 3.26. The Labute approximate surface area is 73.4 Å². The van der Waals surface area contributed by atoms with Crippen LogP contribution in [-0.2, 0) is 13.5 Å². The van der Waals surface area contributed by atoms with Crippen LogP contribution in [0.4, 0.5) is 0 Å². The standard InChI is InChI=1S/C7H10N2O4/c1-9-4(2-3-10)5(6(11)12)8-7(9)13/h10H,2-3H2,1H3,(H,8,13)(H,11,12). The van der Waals surface area contributed by atoms with E-state index in [2.05, 4.69) is 4.98 Å². The van der Waals surface area contributed by atoms with Crippen molar-refractivity contribution in [3.63, 3.8) is 0 Å². The van der Waals surface area contributed by atoms with Crippen LogP contribution in [0.2, 0.25) is 0 Å². The van der Waals surface area contributed by atoms with Gasteiger partial charge in [-0.25, -0.2) is 9.59 Å². The number of hydrogen-bond donors (Lipinski definition) is 3. The van der Waals surface area contributed by atoms with E-state index in [0.717, 1.165) is 0 Å². The number of H-pyrrole nitrogens is 1. The molecule has 1 rings (SSSR count). The summed E-state index contributed by atoms with van der Waals surface area (Å²) >= 11 is 0. The molecule has 0 saturated heterocycles. The number of hydrogen-bond acceptors (Lipinski definition) is 3. The van der Waals surface area contributed by atoms with Gasteiger partial charge in [0.05, 0.1) is 5.69 Å². The largest absolute Gasteiger partial charge is 0.477 e. The summed E-state index contributed by atoms with van der Waals surface area (Å²) in [5.74, 6) is -1.19. The summed E-state index contributed by atoms with van der Waals surface area (Å²) in [5.41, 5.74) is -0.331. The fraction of sp³-hybridized carbons (Fsp3) is 0.429. The van der Waals surface area contributed by atoms with E-state index in [-0.39, 0.29) is 18.7 Å². The second kappa shape index (κ2) is 3.44. The van der Waals surface area contributed by atoms with Gasteiger partial charge >= 0.3 is 11.7 Å². The molecule has 1 heterocycles. The Hall–Kier alpha value is -1.56. The summed E-state index contributed by atoms with van der Waals surface area (Å²) in [6.07, 6.45) is 0.150. The molecule has 0 fully saturated rings. The maximum absolute atomic E-state index is 11.0. The molecule has 13 heavy (non-hydrogen) atoms. The van der Waals surface area contributed by atoms with Crippen molar-refractivity contribution in [1.29, 1.82) is 0 Å². The van der Waals surface area contributed by atoms with Crippen molar-refractivity contribution < 1.29 is 15.0 Å². The van der Waals surface area contributed by atoms with Crippen molar-refractivity contribution in [2.24, 2.45) is 7.05 Å². The van der Waals surface area contributed by atoms with Gasteiger partial charge in [0.1, 0.15) is 5.69 Å². The van der Waals surface area contributed by atoms with Gasteiger partial charge in [0, 0.05) is 20.1 Å². The summed E-state index contributed by atoms with van der Waals surface area (Å²) in [4.78, 5) is 23.8. The molecule has 0 aromatic carbocycles. The zero-order valence-electron chi connectivity index (χ0n) is 7.07. The van der Waals surface area contributed by atoms with Crippen LogP contribution in [0.25, 0.3) is 0 Å². The van der Waals surface area contributed by atoms with Crippen LogP contribution >= 0.6 is 0 Å². The molecule has 0 unspecified atom stereocenters. The average Bonchev–Trinajstić information content (AvgIpc) is 2.33. The molecule has 0 radical (unpaired) electrons. The summed E-state index contributed by atoms with van der Waals surface area (Å²) in [5, 5.41) is 17.3. The Morgan fingerprint density at radius 3 is 2.69 bits per heavy atom. The number of rotatable bonds is 3. The molecular formula is C7H10N2O4. The van der Waals surface area contributed by atoms with Gasteiger partial charge in [0.15, 0.2) is 0 Å². The van der Waals surface area contributed by atoms with Crippen LogP contribution in [0.1, 0.15) is 16.2 Å². The Kier molecular flexibility index (Phi) is 2.52. The summed E-state index contributed by atoms with van der Waals surface area (Å²) in [7, 11) is 1.45. The van der Waals surface area contributed by atoms with Crippen LogP contribution in [-0.4, -0.2) is 32.3 Å². The lowest BCUT2D eigenvalue weighted by Gasteiger charge is -1.99. The Morgan fingerprint density at radius 1 is 1.62 bits per heavy atom. The zero-order valence-corrected chi connectivity index (χ0v) is 7.07. The number of aromatic amines is 1. The molecule has 0 bridgehead atoms. The van der Waals surface area contributed by atoms with Crippen LogP contribution < -0.4 is 5.69 Å². The first kappa shape index (κ1) is 9.53. The lowest BCUT2D eigenvalue weighted by atomic mass is 10.2. The van der Waals surface area contributed by atoms with Crippen molar-refractivity contribution in [3.05, 3.63) is 21.9 Å². The molecule has 6 nitrogen and oxygen atoms in total. The van der Waals surface area contributed by atoms with Gasteiger partial charge in [0.2, 0.25) is 0 Å². The predicted octanol–water partition coefficient (Wildman–Crippen LogP) is -1.05. The molecule has 6 heteroatoms. The molecule has 3 N–H and O–H groups in total. The first-order chi connectivity index (χ1) is 6.07. The van der Waals surface area contributed by atoms with E-state index in [1.54, 1.807) is 0 Å². The number of imidazole rings is 1. The molecule has 0 amide bonds. The third kappa shape index (κ3) is 1.62. The second-order valence-corrected chi connectivity index (χ2v) is 2.59. The molecule has 1 aromatic rings. The van der Waals surface area contributed by atoms with E-state index >= 15 is 0 Å². The number of aliphatic hydroxyl groups is 1. The van der Waals surface area contributed by atoms with Gasteiger partial charge in [-0.3, -0.25) is 9.55 Å². The van der Waals surface area contributed by atoms with E-state index in [9.17, 15) is 9.59 Å². The van der Waals surface area contributed by atoms with Crippen molar-refractivity contribution >= 4 is 5.97 Å². The molecule has 0 saturated carbocycles. The molecule has 0 aliphatic rings. The van der Waals surface area contributed by atoms with Gasteiger partial charge in [0.25, 0.3) is 0 Å². The molecule has 0 aliphatic heterocycles. The van der Waals surface area contributed by atoms with E-state index < -0.39 is 11.7 Å². The minimum Gasteiger partial charge on any atom is -0.477 e. The zero-order chi connectivity index (χ0) is 10.0. The highest BCUT2D eigenvalue weighted by Gasteiger charge is 2.16. The topological polar surface area (TPSA) is 95.3 Å². The van der Waals surface area contributed by atoms with Crippen molar-refractivity contribution in [2.75, 3.05) is 6.61 Å². The molecule has 0 aliphatic carbocycles. The van der Waals surface area contributed by atoms with Crippen molar-refractivity contribution in [2.45, 2.75) is 6.42 Å². The van der Waals surface area contributed by atoms with Crippen molar-refractivity contribution in [3.8, 4) is 0 Å². The number of carboxylic acid groups (broad SMARTS) is 1. The van der Waals surface area contributed by atoms with Gasteiger partial charge in [-0.1, -0.05) is 0 Å². The molecule has 1 aromatic heterocycles. The lowest BCUT2D eigenvalue weighted by Crippen LogP contribution is -2.15. The smallest absolute Gasteiger partial charge is 0.354 e. The van der Waals surface area contributed by atoms with E-state index in [4.69, 9.17) is 10.2 Å². The molecule has 0 atom stereocenters. The van der Waals surface area contributed by atoms with Crippen LogP contribution in [0.15, 0.2) is 4.79 Å². The number of aromatic nitrogens is 2. The van der Waals surface area contributed by atoms with E-state index in [1.165, 1.54) is 11.6 Å². The average molecular weight is 186 g/mol. The van der Waals surface area contributed by atoms with Crippen LogP contribution in [0.3, 0.4) is 0 Å². The fourth-order valence-electron chi connectivity index (χ4n) is 1.13. The third-order valence-electron chi connectivity index (χ3n) is 1.79. The Bertz CT molecular complexity index is 376. The normalized spacial score (nSPS) is 10.3. The monoisotopic (exact) mass is 186 g/mol. The lowest BCUT2D eigenvalue weighted by molar-refractivity contribution is 0.0689. The minimum atomic E-state index is -1.19. The van der Waals surface area contributed by atoms with Crippen molar-refractivity contribution in [1.82, 2.24) is 9.55 Å². The van der Waals surface area contributed by atoms with Gasteiger partial charge in [-0.05, 0) is 0 Å². The highest BCUT2D eigenvalue weighted by molar-refractivity contribution is 5.86. The summed E-state index contributed by atoms with van der Waals surface area (Å²) in [6.45, 7) is -0.189. The molecule has 0 spiro atoms. The minimum absolute atomic E-state index is 0.150. The second-order valence-electron chi connectivity index (χ2n) is 2.59. The predicted molar refractivity (Wildman–Crippen MR) is 43.8 cm³/mol. The number of aromatic carboxylic acids is 1. The van der Waals surface area contributed by atoms with Gasteiger partial charge < -0.3 is 10.2 Å². The number of carbonyl (C=O) groups is 1. The van der Waals surface area contributed by atoms with E-state index in [1.807, 2.05) is 0 Å². The first-order valence-corrected chi connectivity index (χ1v) is 3.70. The number of nitrogens with one attached hydrogen (secondary N) is 1. The number of aliphatic hydroxyl groups excluding tert-OH is 1. The molecular weight excluding hydrogens is 176 g/mol. The highest BCUT2D eigenvalue weighted by Crippen LogP contribution is 2.03. The SMILES string of the molecule is Cn1c(CCO)c(C(=O)O)[nH]c1=O. The maximum atomic E-state index is 11.0. The van der Waals surface area contributed by atoms with Crippen LogP contribution in [0, 0.1) is 0 Å². The highest BCUT2D eigenvalue weighted by atomic mass is 16.4. The summed E-state index contributed by atoms with van der Waals surface area (Å²) in [6, 6.07) is 0. The maximum Gasteiger partial charge on any atom is 0.354 e. The van der Waals surface area contributed by atoms with Gasteiger partial charge in [-0.2, -0.15) is 0 Å². The Morgan fingerprint density at radius 2 is 2.23 bits per heavy atom. The summed E-state index contributed by atoms with van der Waals surface area (Å²) < 4.78 is 1.18.